The third kappa shape index (κ3) is 4.31. The molecule has 2 bridgehead atoms. The number of hydrogen-bond donors (Lipinski definition) is 2. The molecule has 1 aliphatic carbocycles. The maximum Gasteiger partial charge on any atom is 0.281 e. The van der Waals surface area contributed by atoms with Gasteiger partial charge in [0.15, 0.2) is 0 Å². The van der Waals surface area contributed by atoms with Gasteiger partial charge in [0.05, 0.1) is 6.54 Å². The van der Waals surface area contributed by atoms with E-state index >= 15 is 0 Å². The van der Waals surface area contributed by atoms with Crippen LogP contribution in [0.1, 0.15) is 23.2 Å². The van der Waals surface area contributed by atoms with E-state index in [1.807, 2.05) is 6.07 Å². The van der Waals surface area contributed by atoms with Crippen LogP contribution < -0.4 is 10.6 Å². The normalized spacial score (nSPS) is 25.4. The van der Waals surface area contributed by atoms with Gasteiger partial charge in [-0.05, 0) is 36.8 Å². The van der Waals surface area contributed by atoms with Crippen molar-refractivity contribution in [2.75, 3.05) is 33.7 Å². The molecule has 0 aromatic heterocycles. The van der Waals surface area contributed by atoms with Gasteiger partial charge in [0, 0.05) is 38.8 Å². The third-order valence-corrected chi connectivity index (χ3v) is 7.23. The summed E-state index contributed by atoms with van der Waals surface area (Å²) >= 11 is 0. The van der Waals surface area contributed by atoms with Crippen molar-refractivity contribution in [2.24, 2.45) is 11.8 Å². The molecule has 0 radical (unpaired) electrons. The van der Waals surface area contributed by atoms with Crippen molar-refractivity contribution < 1.29 is 18.0 Å². The van der Waals surface area contributed by atoms with Crippen LogP contribution in [0.5, 0.6) is 0 Å². The second-order valence-corrected chi connectivity index (χ2v) is 9.49. The van der Waals surface area contributed by atoms with Gasteiger partial charge in [-0.1, -0.05) is 18.2 Å². The summed E-state index contributed by atoms with van der Waals surface area (Å²) in [5, 5.41) is 5.62. The van der Waals surface area contributed by atoms with E-state index < -0.39 is 10.2 Å². The molecule has 0 spiro atoms. The van der Waals surface area contributed by atoms with Crippen molar-refractivity contribution in [3.63, 3.8) is 0 Å². The number of carbonyl (C=O) groups is 2. The highest BCUT2D eigenvalue weighted by atomic mass is 32.2. The summed E-state index contributed by atoms with van der Waals surface area (Å²) in [7, 11) is -0.376. The molecular weight excluding hydrogens is 368 g/mol. The van der Waals surface area contributed by atoms with Gasteiger partial charge in [0.2, 0.25) is 5.91 Å². The molecule has 1 saturated heterocycles. The molecule has 1 saturated carbocycles. The van der Waals surface area contributed by atoms with Gasteiger partial charge in [0.1, 0.15) is 0 Å². The second-order valence-electron chi connectivity index (χ2n) is 7.35. The molecule has 1 aromatic rings. The van der Waals surface area contributed by atoms with E-state index in [9.17, 15) is 18.0 Å². The largest absolute Gasteiger partial charge is 0.351 e. The van der Waals surface area contributed by atoms with Gasteiger partial charge in [-0.15, -0.1) is 0 Å². The summed E-state index contributed by atoms with van der Waals surface area (Å²) in [5.74, 6) is -0.329. The highest BCUT2D eigenvalue weighted by molar-refractivity contribution is 7.86. The molecule has 148 valence electrons. The fourth-order valence-electron chi connectivity index (χ4n) is 3.92. The summed E-state index contributed by atoms with van der Waals surface area (Å²) in [6.07, 6.45) is 1.79. The molecule has 3 atom stereocenters. The van der Waals surface area contributed by atoms with E-state index in [0.29, 0.717) is 18.7 Å². The Morgan fingerprint density at radius 1 is 1.11 bits per heavy atom. The predicted molar refractivity (Wildman–Crippen MR) is 101 cm³/mol. The minimum Gasteiger partial charge on any atom is -0.351 e. The zero-order valence-corrected chi connectivity index (χ0v) is 16.4. The van der Waals surface area contributed by atoms with Crippen molar-refractivity contribution in [3.8, 4) is 0 Å². The number of carbonyl (C=O) groups excluding carboxylic acids is 2. The Morgan fingerprint density at radius 2 is 1.70 bits per heavy atom. The van der Waals surface area contributed by atoms with E-state index in [4.69, 9.17) is 0 Å². The zero-order valence-electron chi connectivity index (χ0n) is 15.6. The lowest BCUT2D eigenvalue weighted by molar-refractivity contribution is -0.121. The molecule has 2 amide bonds. The fourth-order valence-corrected chi connectivity index (χ4v) is 5.15. The van der Waals surface area contributed by atoms with E-state index in [-0.39, 0.29) is 36.2 Å². The number of hydrogen-bond acceptors (Lipinski definition) is 4. The number of nitrogens with one attached hydrogen (secondary N) is 2. The first-order valence-electron chi connectivity index (χ1n) is 9.09. The zero-order chi connectivity index (χ0) is 19.6. The van der Waals surface area contributed by atoms with Crippen molar-refractivity contribution in [3.05, 3.63) is 35.9 Å². The Balaban J connectivity index is 1.53. The van der Waals surface area contributed by atoms with Gasteiger partial charge in [0.25, 0.3) is 16.1 Å². The number of fused-ring (bicyclic) bond motifs is 2. The van der Waals surface area contributed by atoms with Crippen molar-refractivity contribution >= 4 is 22.0 Å². The van der Waals surface area contributed by atoms with Crippen LogP contribution >= 0.6 is 0 Å². The Hall–Kier alpha value is -1.97. The molecule has 1 heterocycles. The first-order valence-corrected chi connectivity index (χ1v) is 10.5. The second kappa shape index (κ2) is 7.95. The molecule has 2 aliphatic rings. The number of amides is 2. The first kappa shape index (κ1) is 19.8. The van der Waals surface area contributed by atoms with Gasteiger partial charge in [-0.3, -0.25) is 9.59 Å². The summed E-state index contributed by atoms with van der Waals surface area (Å²) in [6, 6.07) is 8.69. The summed E-state index contributed by atoms with van der Waals surface area (Å²) in [5.41, 5.74) is 0.507. The highest BCUT2D eigenvalue weighted by Gasteiger charge is 2.46. The minimum atomic E-state index is -3.43. The Bertz CT molecular complexity index is 783. The summed E-state index contributed by atoms with van der Waals surface area (Å²) in [4.78, 5) is 24.3. The maximum absolute atomic E-state index is 12.4. The van der Waals surface area contributed by atoms with Crippen LogP contribution in [0.2, 0.25) is 0 Å². The average molecular weight is 394 g/mol. The lowest BCUT2D eigenvalue weighted by atomic mass is 9.93. The fraction of sp³-hybridized carbons (Fsp3) is 0.556. The maximum atomic E-state index is 12.4. The monoisotopic (exact) mass is 394 g/mol. The highest BCUT2D eigenvalue weighted by Crippen LogP contribution is 2.38. The molecule has 27 heavy (non-hydrogen) atoms. The van der Waals surface area contributed by atoms with E-state index in [1.54, 1.807) is 24.3 Å². The molecule has 9 heteroatoms. The average Bonchev–Trinajstić information content (AvgIpc) is 2.87. The quantitative estimate of drug-likeness (QED) is 0.712. The lowest BCUT2D eigenvalue weighted by Crippen LogP contribution is -2.56. The van der Waals surface area contributed by atoms with Crippen LogP contribution in [0.4, 0.5) is 0 Å². The molecule has 1 unspecified atom stereocenters. The molecule has 3 rings (SSSR count). The summed E-state index contributed by atoms with van der Waals surface area (Å²) < 4.78 is 27.5. The number of nitrogens with zero attached hydrogens (tertiary/aromatic N) is 2. The van der Waals surface area contributed by atoms with Gasteiger partial charge in [-0.2, -0.15) is 17.0 Å². The standard InChI is InChI=1S/C18H26N4O4S/c1-21(2)27(25,26)22-11-14-8-9-15(12-22)17(14)20-16(23)10-19-18(24)13-6-4-3-5-7-13/h3-7,14-15,17H,8-12H2,1-2H3,(H,19,24)(H,20,23)/t14-,15+,17?. The summed E-state index contributed by atoms with van der Waals surface area (Å²) in [6.45, 7) is 0.736. The predicted octanol–water partition coefficient (Wildman–Crippen LogP) is 0.0494. The van der Waals surface area contributed by atoms with E-state index in [1.165, 1.54) is 22.7 Å². The van der Waals surface area contributed by atoms with Crippen LogP contribution in [0.15, 0.2) is 30.3 Å². The van der Waals surface area contributed by atoms with Crippen LogP contribution in [0, 0.1) is 11.8 Å². The van der Waals surface area contributed by atoms with Gasteiger partial charge >= 0.3 is 0 Å². The topological polar surface area (TPSA) is 98.8 Å². The number of rotatable bonds is 6. The number of benzene rings is 1. The molecule has 8 nitrogen and oxygen atoms in total. The molecule has 1 aromatic carbocycles. The third-order valence-electron chi connectivity index (χ3n) is 5.36. The van der Waals surface area contributed by atoms with Crippen molar-refractivity contribution in [1.29, 1.82) is 0 Å². The van der Waals surface area contributed by atoms with Crippen LogP contribution in [-0.4, -0.2) is 68.6 Å². The molecule has 1 aliphatic heterocycles. The van der Waals surface area contributed by atoms with Gasteiger partial charge in [-0.25, -0.2) is 0 Å². The SMILES string of the molecule is CN(C)S(=O)(=O)N1C[C@H]2CC[C@@H](C1)C2NC(=O)CNC(=O)c1ccccc1. The van der Waals surface area contributed by atoms with E-state index in [0.717, 1.165) is 12.8 Å². The number of piperidine rings is 1. The molecular formula is C18H26N4O4S. The van der Waals surface area contributed by atoms with Gasteiger partial charge < -0.3 is 10.6 Å². The van der Waals surface area contributed by atoms with E-state index in [2.05, 4.69) is 10.6 Å². The Morgan fingerprint density at radius 3 is 2.26 bits per heavy atom. The minimum absolute atomic E-state index is 0.0419. The smallest absolute Gasteiger partial charge is 0.281 e. The van der Waals surface area contributed by atoms with Crippen molar-refractivity contribution in [2.45, 2.75) is 18.9 Å². The van der Waals surface area contributed by atoms with Crippen LogP contribution in [0.3, 0.4) is 0 Å². The Labute approximate surface area is 160 Å². The Kier molecular flexibility index (Phi) is 5.83. The van der Waals surface area contributed by atoms with Crippen LogP contribution in [-0.2, 0) is 15.0 Å². The molecule has 2 fully saturated rings. The molecule has 2 N–H and O–H groups in total. The van der Waals surface area contributed by atoms with Crippen molar-refractivity contribution in [1.82, 2.24) is 19.2 Å². The van der Waals surface area contributed by atoms with Crippen LogP contribution in [0.25, 0.3) is 0 Å². The lowest BCUT2D eigenvalue weighted by Gasteiger charge is -2.38. The first-order chi connectivity index (χ1) is 12.8.